The van der Waals surface area contributed by atoms with Gasteiger partial charge in [0.25, 0.3) is 0 Å². The van der Waals surface area contributed by atoms with Gasteiger partial charge in [-0.05, 0) is 25.1 Å². The fourth-order valence-electron chi connectivity index (χ4n) is 1.54. The minimum Gasteiger partial charge on any atom is -0.497 e. The minimum absolute atomic E-state index is 0.761. The maximum absolute atomic E-state index is 5.17. The van der Waals surface area contributed by atoms with Gasteiger partial charge in [0, 0.05) is 12.4 Å². The van der Waals surface area contributed by atoms with E-state index in [9.17, 15) is 0 Å². The van der Waals surface area contributed by atoms with Gasteiger partial charge in [0.2, 0.25) is 0 Å². The van der Waals surface area contributed by atoms with E-state index in [0.29, 0.717) is 0 Å². The quantitative estimate of drug-likeness (QED) is 0.810. The van der Waals surface area contributed by atoms with Crippen molar-refractivity contribution in [1.82, 2.24) is 9.97 Å². The number of nitrogens with one attached hydrogen (secondary N) is 1. The van der Waals surface area contributed by atoms with Gasteiger partial charge in [0.1, 0.15) is 17.4 Å². The number of methoxy groups -OCH3 is 1. The Bertz CT molecular complexity index is 496. The third-order valence-corrected chi connectivity index (χ3v) is 2.25. The molecule has 0 unspecified atom stereocenters. The zero-order chi connectivity index (χ0) is 10.8. The Morgan fingerprint density at radius 2 is 2.07 bits per heavy atom. The van der Waals surface area contributed by atoms with Gasteiger partial charge >= 0.3 is 0 Å². The van der Waals surface area contributed by atoms with Crippen LogP contribution in [-0.2, 0) is 0 Å². The van der Waals surface area contributed by atoms with Crippen molar-refractivity contribution in [3.63, 3.8) is 0 Å². The van der Waals surface area contributed by atoms with Crippen LogP contribution >= 0.6 is 0 Å². The summed E-state index contributed by atoms with van der Waals surface area (Å²) in [6.07, 6.45) is 0. The van der Waals surface area contributed by atoms with E-state index in [1.54, 1.807) is 7.11 Å². The van der Waals surface area contributed by atoms with E-state index in [2.05, 4.69) is 15.3 Å². The SMILES string of the molecule is CNc1nc(C)nc2ccc(OC)cc12. The van der Waals surface area contributed by atoms with Crippen molar-refractivity contribution in [3.8, 4) is 5.75 Å². The lowest BCUT2D eigenvalue weighted by molar-refractivity contribution is 0.415. The molecule has 4 heteroatoms. The zero-order valence-electron chi connectivity index (χ0n) is 9.03. The molecule has 0 amide bonds. The summed E-state index contributed by atoms with van der Waals surface area (Å²) in [5, 5.41) is 4.03. The summed E-state index contributed by atoms with van der Waals surface area (Å²) >= 11 is 0. The maximum atomic E-state index is 5.17. The zero-order valence-corrected chi connectivity index (χ0v) is 9.03. The van der Waals surface area contributed by atoms with Gasteiger partial charge in [-0.1, -0.05) is 0 Å². The first-order valence-electron chi connectivity index (χ1n) is 4.74. The monoisotopic (exact) mass is 203 g/mol. The van der Waals surface area contributed by atoms with Crippen LogP contribution in [0.4, 0.5) is 5.82 Å². The van der Waals surface area contributed by atoms with Gasteiger partial charge in [0.05, 0.1) is 12.6 Å². The predicted molar refractivity (Wildman–Crippen MR) is 60.4 cm³/mol. The molecule has 4 nitrogen and oxygen atoms in total. The van der Waals surface area contributed by atoms with Crippen LogP contribution in [0.2, 0.25) is 0 Å². The highest BCUT2D eigenvalue weighted by molar-refractivity contribution is 5.90. The molecular weight excluding hydrogens is 190 g/mol. The molecule has 1 aromatic carbocycles. The van der Waals surface area contributed by atoms with Gasteiger partial charge in [-0.2, -0.15) is 0 Å². The third kappa shape index (κ3) is 1.70. The summed E-state index contributed by atoms with van der Waals surface area (Å²) in [5.74, 6) is 2.40. The maximum Gasteiger partial charge on any atom is 0.137 e. The average molecular weight is 203 g/mol. The van der Waals surface area contributed by atoms with Gasteiger partial charge in [-0.15, -0.1) is 0 Å². The number of hydrogen-bond donors (Lipinski definition) is 1. The average Bonchev–Trinajstić information content (AvgIpc) is 2.27. The van der Waals surface area contributed by atoms with Crippen LogP contribution in [-0.4, -0.2) is 24.1 Å². The number of aryl methyl sites for hydroxylation is 1. The van der Waals surface area contributed by atoms with E-state index in [4.69, 9.17) is 4.74 Å². The molecule has 0 aliphatic rings. The topological polar surface area (TPSA) is 47.0 Å². The second-order valence-electron chi connectivity index (χ2n) is 3.25. The second-order valence-corrected chi connectivity index (χ2v) is 3.25. The molecule has 0 bridgehead atoms. The molecule has 0 fully saturated rings. The summed E-state index contributed by atoms with van der Waals surface area (Å²) < 4.78 is 5.17. The number of hydrogen-bond acceptors (Lipinski definition) is 4. The van der Waals surface area contributed by atoms with E-state index in [1.165, 1.54) is 0 Å². The third-order valence-electron chi connectivity index (χ3n) is 2.25. The van der Waals surface area contributed by atoms with Crippen LogP contribution in [0.5, 0.6) is 5.75 Å². The smallest absolute Gasteiger partial charge is 0.137 e. The van der Waals surface area contributed by atoms with Crippen LogP contribution in [0.3, 0.4) is 0 Å². The van der Waals surface area contributed by atoms with Gasteiger partial charge in [-0.3, -0.25) is 0 Å². The normalized spacial score (nSPS) is 10.3. The summed E-state index contributed by atoms with van der Waals surface area (Å²) in [6, 6.07) is 5.76. The van der Waals surface area contributed by atoms with Gasteiger partial charge < -0.3 is 10.1 Å². The summed E-state index contributed by atoms with van der Waals surface area (Å²) in [7, 11) is 3.50. The Balaban J connectivity index is 2.73. The minimum atomic E-state index is 0.761. The molecule has 0 saturated carbocycles. The lowest BCUT2D eigenvalue weighted by Crippen LogP contribution is -1.98. The van der Waals surface area contributed by atoms with E-state index >= 15 is 0 Å². The van der Waals surface area contributed by atoms with Crippen molar-refractivity contribution in [2.24, 2.45) is 0 Å². The Hall–Kier alpha value is -1.84. The highest BCUT2D eigenvalue weighted by Gasteiger charge is 2.05. The fourth-order valence-corrected chi connectivity index (χ4v) is 1.54. The van der Waals surface area contributed by atoms with Crippen molar-refractivity contribution in [2.75, 3.05) is 19.5 Å². The molecule has 0 radical (unpaired) electrons. The molecule has 0 saturated heterocycles. The first kappa shape index (κ1) is 9.71. The molecule has 0 atom stereocenters. The lowest BCUT2D eigenvalue weighted by Gasteiger charge is -2.07. The molecule has 1 N–H and O–H groups in total. The van der Waals surface area contributed by atoms with Crippen molar-refractivity contribution in [2.45, 2.75) is 6.92 Å². The predicted octanol–water partition coefficient (Wildman–Crippen LogP) is 1.99. The Morgan fingerprint density at radius 3 is 2.73 bits per heavy atom. The molecule has 0 aliphatic heterocycles. The van der Waals surface area contributed by atoms with Crippen LogP contribution in [0.15, 0.2) is 18.2 Å². The van der Waals surface area contributed by atoms with E-state index in [0.717, 1.165) is 28.3 Å². The molecule has 0 spiro atoms. The fraction of sp³-hybridized carbons (Fsp3) is 0.273. The Kier molecular flexibility index (Phi) is 2.41. The first-order valence-corrected chi connectivity index (χ1v) is 4.74. The molecular formula is C11H13N3O. The standard InChI is InChI=1S/C11H13N3O/c1-7-13-10-5-4-8(15-3)6-9(10)11(12-2)14-7/h4-6H,1-3H3,(H,12,13,14). The lowest BCUT2D eigenvalue weighted by atomic mass is 10.2. The van der Waals surface area contributed by atoms with Crippen LogP contribution in [0.1, 0.15) is 5.82 Å². The van der Waals surface area contributed by atoms with Crippen molar-refractivity contribution in [1.29, 1.82) is 0 Å². The molecule has 2 aromatic rings. The molecule has 1 heterocycles. The molecule has 78 valence electrons. The summed E-state index contributed by atoms with van der Waals surface area (Å²) in [6.45, 7) is 1.88. The summed E-state index contributed by atoms with van der Waals surface area (Å²) in [4.78, 5) is 8.67. The first-order chi connectivity index (χ1) is 7.24. The van der Waals surface area contributed by atoms with Crippen molar-refractivity contribution in [3.05, 3.63) is 24.0 Å². The molecule has 0 aliphatic carbocycles. The number of fused-ring (bicyclic) bond motifs is 1. The molecule has 2 rings (SSSR count). The Morgan fingerprint density at radius 1 is 1.27 bits per heavy atom. The van der Waals surface area contributed by atoms with E-state index < -0.39 is 0 Å². The number of aromatic nitrogens is 2. The number of benzene rings is 1. The Labute approximate surface area is 88.3 Å². The number of rotatable bonds is 2. The second kappa shape index (κ2) is 3.73. The van der Waals surface area contributed by atoms with Gasteiger partial charge in [0.15, 0.2) is 0 Å². The summed E-state index contributed by atoms with van der Waals surface area (Å²) in [5.41, 5.74) is 0.924. The van der Waals surface area contributed by atoms with Crippen LogP contribution in [0.25, 0.3) is 10.9 Å². The van der Waals surface area contributed by atoms with Crippen LogP contribution in [0, 0.1) is 6.92 Å². The van der Waals surface area contributed by atoms with E-state index in [-0.39, 0.29) is 0 Å². The number of anilines is 1. The number of ether oxygens (including phenoxy) is 1. The van der Waals surface area contributed by atoms with Crippen LogP contribution < -0.4 is 10.1 Å². The highest BCUT2D eigenvalue weighted by Crippen LogP contribution is 2.24. The van der Waals surface area contributed by atoms with Crippen molar-refractivity contribution < 1.29 is 4.74 Å². The largest absolute Gasteiger partial charge is 0.497 e. The number of nitrogens with zero attached hydrogens (tertiary/aromatic N) is 2. The molecule has 15 heavy (non-hydrogen) atoms. The highest BCUT2D eigenvalue weighted by atomic mass is 16.5. The van der Waals surface area contributed by atoms with Gasteiger partial charge in [-0.25, -0.2) is 9.97 Å². The van der Waals surface area contributed by atoms with E-state index in [1.807, 2.05) is 32.2 Å². The van der Waals surface area contributed by atoms with Crippen molar-refractivity contribution >= 4 is 16.7 Å². The molecule has 1 aromatic heterocycles.